The fraction of sp³-hybridized carbons (Fsp3) is 0.136. The van der Waals surface area contributed by atoms with Crippen LogP contribution in [0.5, 0.6) is 17.4 Å². The van der Waals surface area contributed by atoms with Crippen LogP contribution in [0.3, 0.4) is 0 Å². The fourth-order valence-corrected chi connectivity index (χ4v) is 2.71. The van der Waals surface area contributed by atoms with Gasteiger partial charge in [-0.15, -0.1) is 0 Å². The van der Waals surface area contributed by atoms with Crippen molar-refractivity contribution in [1.82, 2.24) is 4.98 Å². The Morgan fingerprint density at radius 3 is 2.60 bits per heavy atom. The van der Waals surface area contributed by atoms with Crippen LogP contribution < -0.4 is 14.8 Å². The topological polar surface area (TPSA) is 86.8 Å². The van der Waals surface area contributed by atoms with E-state index in [9.17, 15) is 9.59 Å². The number of nitrogens with one attached hydrogen (secondary N) is 1. The van der Waals surface area contributed by atoms with Gasteiger partial charge in [0, 0.05) is 17.3 Å². The zero-order valence-electron chi connectivity index (χ0n) is 16.3. The number of halogens is 1. The van der Waals surface area contributed by atoms with Gasteiger partial charge in [-0.25, -0.2) is 9.78 Å². The number of carbonyl (C=O) groups excluding carboxylic acids is 2. The first-order valence-electron chi connectivity index (χ1n) is 8.97. The number of para-hydroxylation sites is 1. The van der Waals surface area contributed by atoms with E-state index >= 15 is 0 Å². The highest BCUT2D eigenvalue weighted by Gasteiger charge is 2.18. The Labute approximate surface area is 178 Å². The Balaban J connectivity index is 1.65. The number of hydrogen-bond acceptors (Lipinski definition) is 6. The van der Waals surface area contributed by atoms with E-state index < -0.39 is 18.5 Å². The number of aromatic nitrogens is 1. The van der Waals surface area contributed by atoms with Gasteiger partial charge in [0.15, 0.2) is 6.61 Å². The van der Waals surface area contributed by atoms with Crippen molar-refractivity contribution in [3.63, 3.8) is 0 Å². The van der Waals surface area contributed by atoms with E-state index in [0.717, 1.165) is 5.56 Å². The van der Waals surface area contributed by atoms with Crippen LogP contribution in [0.4, 0.5) is 5.69 Å². The molecule has 30 heavy (non-hydrogen) atoms. The number of esters is 1. The predicted molar refractivity (Wildman–Crippen MR) is 112 cm³/mol. The number of nitrogens with zero attached hydrogens (tertiary/aromatic N) is 1. The molecule has 154 valence electrons. The molecule has 1 heterocycles. The van der Waals surface area contributed by atoms with Crippen molar-refractivity contribution in [2.45, 2.75) is 6.92 Å². The lowest BCUT2D eigenvalue weighted by molar-refractivity contribution is -0.119. The zero-order chi connectivity index (χ0) is 21.5. The number of methoxy groups -OCH3 is 1. The first kappa shape index (κ1) is 21.1. The summed E-state index contributed by atoms with van der Waals surface area (Å²) in [6.45, 7) is 1.30. The molecule has 0 fully saturated rings. The van der Waals surface area contributed by atoms with E-state index in [1.54, 1.807) is 49.4 Å². The molecule has 0 saturated carbocycles. The van der Waals surface area contributed by atoms with Gasteiger partial charge in [-0.2, -0.15) is 0 Å². The monoisotopic (exact) mass is 426 g/mol. The summed E-state index contributed by atoms with van der Waals surface area (Å²) in [7, 11) is 1.47. The Bertz CT molecular complexity index is 1060. The summed E-state index contributed by atoms with van der Waals surface area (Å²) in [4.78, 5) is 28.8. The summed E-state index contributed by atoms with van der Waals surface area (Å²) >= 11 is 6.06. The first-order chi connectivity index (χ1) is 14.5. The largest absolute Gasteiger partial charge is 0.495 e. The molecule has 1 amide bonds. The molecule has 3 rings (SSSR count). The number of anilines is 1. The van der Waals surface area contributed by atoms with E-state index in [1.807, 2.05) is 6.07 Å². The maximum atomic E-state index is 12.5. The average Bonchev–Trinajstić information content (AvgIpc) is 2.75. The van der Waals surface area contributed by atoms with Gasteiger partial charge in [-0.05, 0) is 42.8 Å². The van der Waals surface area contributed by atoms with Crippen LogP contribution in [0, 0.1) is 6.92 Å². The molecule has 0 unspecified atom stereocenters. The number of amides is 1. The van der Waals surface area contributed by atoms with Gasteiger partial charge in [0.25, 0.3) is 5.91 Å². The second-order valence-corrected chi connectivity index (χ2v) is 6.60. The van der Waals surface area contributed by atoms with Crippen molar-refractivity contribution in [3.8, 4) is 17.4 Å². The van der Waals surface area contributed by atoms with Crippen molar-refractivity contribution in [1.29, 1.82) is 0 Å². The Morgan fingerprint density at radius 2 is 1.87 bits per heavy atom. The molecule has 1 N–H and O–H groups in total. The Hall–Kier alpha value is -3.58. The third-order valence-electron chi connectivity index (χ3n) is 4.04. The molecule has 2 aromatic carbocycles. The summed E-state index contributed by atoms with van der Waals surface area (Å²) in [5, 5.41) is 3.16. The molecule has 0 spiro atoms. The van der Waals surface area contributed by atoms with Crippen molar-refractivity contribution in [2.24, 2.45) is 0 Å². The van der Waals surface area contributed by atoms with Gasteiger partial charge in [-0.3, -0.25) is 4.79 Å². The van der Waals surface area contributed by atoms with Crippen molar-refractivity contribution >= 4 is 29.2 Å². The maximum absolute atomic E-state index is 12.5. The van der Waals surface area contributed by atoms with Gasteiger partial charge in [0.2, 0.25) is 5.88 Å². The highest BCUT2D eigenvalue weighted by Crippen LogP contribution is 2.31. The summed E-state index contributed by atoms with van der Waals surface area (Å²) in [6.07, 6.45) is 1.50. The molecular formula is C22H19ClN2O5. The molecule has 7 nitrogen and oxygen atoms in total. The van der Waals surface area contributed by atoms with E-state index in [1.165, 1.54) is 19.4 Å². The Kier molecular flexibility index (Phi) is 6.87. The third kappa shape index (κ3) is 5.27. The van der Waals surface area contributed by atoms with E-state index in [2.05, 4.69) is 10.3 Å². The molecule has 0 saturated heterocycles. The fourth-order valence-electron chi connectivity index (χ4n) is 2.55. The lowest BCUT2D eigenvalue weighted by atomic mass is 10.2. The molecule has 0 atom stereocenters. The predicted octanol–water partition coefficient (Wildman–Crippen LogP) is 4.64. The summed E-state index contributed by atoms with van der Waals surface area (Å²) in [5.41, 5.74) is 1.30. The normalized spacial score (nSPS) is 10.2. The molecule has 0 aliphatic carbocycles. The molecular weight excluding hydrogens is 408 g/mol. The third-order valence-corrected chi connectivity index (χ3v) is 4.45. The quantitative estimate of drug-likeness (QED) is 0.554. The summed E-state index contributed by atoms with van der Waals surface area (Å²) in [5.74, 6) is -0.255. The summed E-state index contributed by atoms with van der Waals surface area (Å²) < 4.78 is 16.0. The number of benzene rings is 2. The number of carbonyl (C=O) groups is 2. The van der Waals surface area contributed by atoms with Crippen LogP contribution in [-0.4, -0.2) is 30.6 Å². The molecule has 0 aliphatic heterocycles. The Morgan fingerprint density at radius 1 is 1.10 bits per heavy atom. The number of rotatable bonds is 7. The number of hydrogen-bond donors (Lipinski definition) is 1. The molecule has 0 radical (unpaired) electrons. The number of ether oxygens (including phenoxy) is 3. The second kappa shape index (κ2) is 9.76. The highest BCUT2D eigenvalue weighted by atomic mass is 35.5. The summed E-state index contributed by atoms with van der Waals surface area (Å²) in [6, 6.07) is 15.3. The van der Waals surface area contributed by atoms with Crippen LogP contribution in [-0.2, 0) is 9.53 Å². The van der Waals surface area contributed by atoms with Crippen molar-refractivity contribution in [2.75, 3.05) is 19.0 Å². The van der Waals surface area contributed by atoms with Crippen LogP contribution in [0.25, 0.3) is 0 Å². The van der Waals surface area contributed by atoms with Crippen LogP contribution in [0.15, 0.2) is 60.8 Å². The smallest absolute Gasteiger partial charge is 0.344 e. The minimum absolute atomic E-state index is 0.0871. The standard InChI is InChI=1S/C22H19ClN2O5/c1-14-11-18(19(28-2)12-17(14)23)25-20(26)13-29-22(27)16-9-6-10-24-21(16)30-15-7-4-3-5-8-15/h3-12H,13H2,1-2H3,(H,25,26). The average molecular weight is 427 g/mol. The van der Waals surface area contributed by atoms with Gasteiger partial charge in [-0.1, -0.05) is 29.8 Å². The van der Waals surface area contributed by atoms with Gasteiger partial charge >= 0.3 is 5.97 Å². The van der Waals surface area contributed by atoms with Gasteiger partial charge in [0.1, 0.15) is 17.1 Å². The number of aryl methyl sites for hydroxylation is 1. The second-order valence-electron chi connectivity index (χ2n) is 6.20. The van der Waals surface area contributed by atoms with E-state index in [-0.39, 0.29) is 11.4 Å². The van der Waals surface area contributed by atoms with Crippen LogP contribution >= 0.6 is 11.6 Å². The van der Waals surface area contributed by atoms with Crippen LogP contribution in [0.2, 0.25) is 5.02 Å². The minimum Gasteiger partial charge on any atom is -0.495 e. The molecule has 0 bridgehead atoms. The van der Waals surface area contributed by atoms with Crippen molar-refractivity contribution in [3.05, 3.63) is 76.9 Å². The molecule has 1 aromatic heterocycles. The highest BCUT2D eigenvalue weighted by molar-refractivity contribution is 6.31. The first-order valence-corrected chi connectivity index (χ1v) is 9.34. The lowest BCUT2D eigenvalue weighted by Crippen LogP contribution is -2.21. The molecule has 8 heteroatoms. The van der Waals surface area contributed by atoms with E-state index in [0.29, 0.717) is 22.2 Å². The van der Waals surface area contributed by atoms with Crippen LogP contribution in [0.1, 0.15) is 15.9 Å². The lowest BCUT2D eigenvalue weighted by Gasteiger charge is -2.13. The zero-order valence-corrected chi connectivity index (χ0v) is 17.1. The van der Waals surface area contributed by atoms with Gasteiger partial charge < -0.3 is 19.5 Å². The molecule has 0 aliphatic rings. The van der Waals surface area contributed by atoms with E-state index in [4.69, 9.17) is 25.8 Å². The maximum Gasteiger partial charge on any atom is 0.344 e. The molecule has 3 aromatic rings. The van der Waals surface area contributed by atoms with Gasteiger partial charge in [0.05, 0.1) is 12.8 Å². The van der Waals surface area contributed by atoms with Crippen molar-refractivity contribution < 1.29 is 23.8 Å². The number of pyridine rings is 1. The minimum atomic E-state index is -0.733. The SMILES string of the molecule is COc1cc(Cl)c(C)cc1NC(=O)COC(=O)c1cccnc1Oc1ccccc1.